The van der Waals surface area contributed by atoms with Crippen LogP contribution in [0.25, 0.3) is 10.9 Å². The Kier molecular flexibility index (Phi) is 4.57. The highest BCUT2D eigenvalue weighted by Crippen LogP contribution is 2.39. The highest BCUT2D eigenvalue weighted by atomic mass is 16.5. The number of ether oxygens (including phenoxy) is 1. The summed E-state index contributed by atoms with van der Waals surface area (Å²) in [6.45, 7) is 1.93. The molecular weight excluding hydrogens is 416 g/mol. The monoisotopic (exact) mass is 438 g/mol. The standard InChI is InChI=1S/C25H22N6O2/c1-14-12-22(31-30-14)28-23-18-8-4-5-9-20(18)27-25(29-23)26-15-10-11-21-19(13-15)16-6-2-3-7-17(16)24(32)33-21/h2-9,12-13,19,21H,10-11H2,1H3,(H3,26,27,28,29,30,31). The van der Waals surface area contributed by atoms with Gasteiger partial charge in [-0.3, -0.25) is 5.10 Å². The first-order valence-electron chi connectivity index (χ1n) is 11.0. The first kappa shape index (κ1) is 19.5. The molecule has 0 fully saturated rings. The first-order chi connectivity index (χ1) is 16.1. The van der Waals surface area contributed by atoms with Gasteiger partial charge in [0, 0.05) is 23.1 Å². The molecule has 0 spiro atoms. The van der Waals surface area contributed by atoms with Crippen molar-refractivity contribution in [2.45, 2.75) is 31.8 Å². The van der Waals surface area contributed by atoms with Crippen LogP contribution in [-0.2, 0) is 4.74 Å². The summed E-state index contributed by atoms with van der Waals surface area (Å²) in [5.41, 5.74) is 4.39. The number of nitrogens with zero attached hydrogens (tertiary/aromatic N) is 3. The lowest BCUT2D eigenvalue weighted by Gasteiger charge is -2.35. The van der Waals surface area contributed by atoms with E-state index in [2.05, 4.69) is 26.9 Å². The van der Waals surface area contributed by atoms with Crippen LogP contribution in [0, 0.1) is 6.92 Å². The Hall–Kier alpha value is -4.20. The quantitative estimate of drug-likeness (QED) is 0.393. The number of H-pyrrole nitrogens is 1. The fourth-order valence-corrected chi connectivity index (χ4v) is 4.57. The summed E-state index contributed by atoms with van der Waals surface area (Å²) < 4.78 is 5.70. The number of fused-ring (bicyclic) bond motifs is 4. The van der Waals surface area contributed by atoms with E-state index in [0.29, 0.717) is 17.3 Å². The van der Waals surface area contributed by atoms with Gasteiger partial charge in [-0.05, 0) is 43.5 Å². The fraction of sp³-hybridized carbons (Fsp3) is 0.200. The van der Waals surface area contributed by atoms with Crippen LogP contribution in [0.4, 0.5) is 17.6 Å². The van der Waals surface area contributed by atoms with Crippen LogP contribution in [0.2, 0.25) is 0 Å². The molecule has 0 saturated heterocycles. The molecule has 3 heterocycles. The van der Waals surface area contributed by atoms with Crippen molar-refractivity contribution in [1.29, 1.82) is 0 Å². The maximum Gasteiger partial charge on any atom is 0.338 e. The van der Waals surface area contributed by atoms with Crippen LogP contribution >= 0.6 is 0 Å². The van der Waals surface area contributed by atoms with Crippen LogP contribution in [0.1, 0.15) is 40.4 Å². The topological polar surface area (TPSA) is 105 Å². The molecular formula is C25H22N6O2. The molecule has 0 saturated carbocycles. The van der Waals surface area contributed by atoms with Crippen LogP contribution in [0.15, 0.2) is 66.4 Å². The summed E-state index contributed by atoms with van der Waals surface area (Å²) in [6, 6.07) is 17.5. The molecule has 0 bridgehead atoms. The Bertz CT molecular complexity index is 1410. The van der Waals surface area contributed by atoms with Crippen LogP contribution < -0.4 is 10.6 Å². The number of aromatic amines is 1. The van der Waals surface area contributed by atoms with Gasteiger partial charge in [-0.25, -0.2) is 9.78 Å². The Morgan fingerprint density at radius 2 is 1.91 bits per heavy atom. The summed E-state index contributed by atoms with van der Waals surface area (Å²) in [4.78, 5) is 21.8. The van der Waals surface area contributed by atoms with E-state index in [1.807, 2.05) is 61.5 Å². The summed E-state index contributed by atoms with van der Waals surface area (Å²) in [5.74, 6) is 1.75. The summed E-state index contributed by atoms with van der Waals surface area (Å²) >= 11 is 0. The highest BCUT2D eigenvalue weighted by molar-refractivity contribution is 5.93. The molecule has 33 heavy (non-hydrogen) atoms. The van der Waals surface area contributed by atoms with Crippen molar-refractivity contribution in [2.24, 2.45) is 0 Å². The molecule has 4 aromatic rings. The van der Waals surface area contributed by atoms with Crippen LogP contribution in [-0.4, -0.2) is 32.2 Å². The molecule has 2 aromatic carbocycles. The molecule has 0 radical (unpaired) electrons. The zero-order valence-electron chi connectivity index (χ0n) is 18.0. The fourth-order valence-electron chi connectivity index (χ4n) is 4.57. The number of aromatic nitrogens is 4. The Morgan fingerprint density at radius 1 is 1.06 bits per heavy atom. The number of esters is 1. The number of anilines is 3. The van der Waals surface area contributed by atoms with E-state index in [4.69, 9.17) is 14.7 Å². The maximum absolute atomic E-state index is 12.3. The molecule has 1 aliphatic heterocycles. The average molecular weight is 438 g/mol. The molecule has 8 heteroatoms. The van der Waals surface area contributed by atoms with E-state index in [0.717, 1.165) is 46.5 Å². The number of allylic oxidation sites excluding steroid dienone is 1. The maximum atomic E-state index is 12.3. The number of rotatable bonds is 4. The summed E-state index contributed by atoms with van der Waals surface area (Å²) in [6.07, 6.45) is 3.49. The van der Waals surface area contributed by atoms with E-state index in [1.54, 1.807) is 0 Å². The molecule has 6 rings (SSSR count). The van der Waals surface area contributed by atoms with Crippen molar-refractivity contribution >= 4 is 34.5 Å². The zero-order chi connectivity index (χ0) is 22.4. The molecule has 2 atom stereocenters. The van der Waals surface area contributed by atoms with E-state index < -0.39 is 0 Å². The minimum atomic E-state index is -0.237. The number of hydrogen-bond donors (Lipinski definition) is 3. The number of carbonyl (C=O) groups is 1. The van der Waals surface area contributed by atoms with Crippen LogP contribution in [0.3, 0.4) is 0 Å². The lowest BCUT2D eigenvalue weighted by Crippen LogP contribution is -2.34. The highest BCUT2D eigenvalue weighted by Gasteiger charge is 2.36. The van der Waals surface area contributed by atoms with E-state index in [1.165, 1.54) is 0 Å². The summed E-state index contributed by atoms with van der Waals surface area (Å²) in [7, 11) is 0. The van der Waals surface area contributed by atoms with Crippen molar-refractivity contribution in [3.63, 3.8) is 0 Å². The van der Waals surface area contributed by atoms with Gasteiger partial charge in [0.2, 0.25) is 5.95 Å². The van der Waals surface area contributed by atoms with Crippen molar-refractivity contribution in [2.75, 3.05) is 10.6 Å². The molecule has 164 valence electrons. The van der Waals surface area contributed by atoms with Gasteiger partial charge in [0.25, 0.3) is 0 Å². The second-order valence-electron chi connectivity index (χ2n) is 8.37. The third-order valence-corrected chi connectivity index (χ3v) is 6.11. The minimum Gasteiger partial charge on any atom is -0.458 e. The molecule has 1 aliphatic carbocycles. The lowest BCUT2D eigenvalue weighted by atomic mass is 9.81. The van der Waals surface area contributed by atoms with Gasteiger partial charge in [-0.1, -0.05) is 36.4 Å². The first-order valence-corrected chi connectivity index (χ1v) is 11.0. The Labute approximate surface area is 190 Å². The van der Waals surface area contributed by atoms with E-state index >= 15 is 0 Å². The number of benzene rings is 2. The number of para-hydroxylation sites is 1. The number of carbonyl (C=O) groups excluding carboxylic acids is 1. The predicted molar refractivity (Wildman–Crippen MR) is 125 cm³/mol. The van der Waals surface area contributed by atoms with Crippen molar-refractivity contribution in [3.8, 4) is 0 Å². The van der Waals surface area contributed by atoms with Gasteiger partial charge >= 0.3 is 5.97 Å². The van der Waals surface area contributed by atoms with E-state index in [9.17, 15) is 4.79 Å². The SMILES string of the molecule is Cc1cc(Nc2nc(NC3=CC4c5ccccc5C(=O)OC4CC3)nc3ccccc23)[nH]n1. The zero-order valence-corrected chi connectivity index (χ0v) is 18.0. The smallest absolute Gasteiger partial charge is 0.338 e. The van der Waals surface area contributed by atoms with Crippen molar-refractivity contribution in [3.05, 3.63) is 83.2 Å². The Morgan fingerprint density at radius 3 is 2.79 bits per heavy atom. The molecule has 2 aromatic heterocycles. The van der Waals surface area contributed by atoms with Crippen LogP contribution in [0.5, 0.6) is 0 Å². The largest absolute Gasteiger partial charge is 0.458 e. The van der Waals surface area contributed by atoms with Crippen molar-refractivity contribution < 1.29 is 9.53 Å². The third kappa shape index (κ3) is 3.59. The van der Waals surface area contributed by atoms with Crippen molar-refractivity contribution in [1.82, 2.24) is 20.2 Å². The number of hydrogen-bond acceptors (Lipinski definition) is 7. The van der Waals surface area contributed by atoms with Gasteiger partial charge in [-0.15, -0.1) is 0 Å². The minimum absolute atomic E-state index is 0.0150. The third-order valence-electron chi connectivity index (χ3n) is 6.11. The average Bonchev–Trinajstić information content (AvgIpc) is 3.24. The van der Waals surface area contributed by atoms with Gasteiger partial charge < -0.3 is 15.4 Å². The second-order valence-corrected chi connectivity index (χ2v) is 8.37. The molecule has 8 nitrogen and oxygen atoms in total. The molecule has 0 amide bonds. The normalized spacial score (nSPS) is 19.3. The number of nitrogens with one attached hydrogen (secondary N) is 3. The predicted octanol–water partition coefficient (Wildman–Crippen LogP) is 4.82. The summed E-state index contributed by atoms with van der Waals surface area (Å²) in [5, 5.41) is 14.8. The molecule has 2 aliphatic rings. The molecule has 3 N–H and O–H groups in total. The van der Waals surface area contributed by atoms with Gasteiger partial charge in [-0.2, -0.15) is 10.1 Å². The molecule has 2 unspecified atom stereocenters. The van der Waals surface area contributed by atoms with Gasteiger partial charge in [0.05, 0.1) is 16.8 Å². The lowest BCUT2D eigenvalue weighted by molar-refractivity contribution is 0.0181. The second kappa shape index (κ2) is 7.74. The van der Waals surface area contributed by atoms with E-state index in [-0.39, 0.29) is 18.0 Å². The Balaban J connectivity index is 1.34. The van der Waals surface area contributed by atoms with Gasteiger partial charge in [0.15, 0.2) is 0 Å². The van der Waals surface area contributed by atoms with Gasteiger partial charge in [0.1, 0.15) is 17.7 Å². The number of aryl methyl sites for hydroxylation is 1.